The standard InChI is InChI=1S/C8H15F2NO/c9-8(10)6-12-5-3-7-2-1-4-11-7/h7-8,11H,1-6H2. The Kier molecular flexibility index (Phi) is 4.46. The van der Waals surface area contributed by atoms with Crippen molar-refractivity contribution in [3.05, 3.63) is 0 Å². The molecule has 1 unspecified atom stereocenters. The number of hydrogen-bond donors (Lipinski definition) is 1. The maximum Gasteiger partial charge on any atom is 0.261 e. The van der Waals surface area contributed by atoms with Crippen LogP contribution in [0.15, 0.2) is 0 Å². The topological polar surface area (TPSA) is 21.3 Å². The van der Waals surface area contributed by atoms with E-state index in [1.54, 1.807) is 0 Å². The van der Waals surface area contributed by atoms with E-state index in [0.29, 0.717) is 12.6 Å². The van der Waals surface area contributed by atoms with E-state index < -0.39 is 13.0 Å². The van der Waals surface area contributed by atoms with Crippen LogP contribution >= 0.6 is 0 Å². The van der Waals surface area contributed by atoms with Gasteiger partial charge < -0.3 is 10.1 Å². The maximum absolute atomic E-state index is 11.6. The van der Waals surface area contributed by atoms with Crippen molar-refractivity contribution in [1.29, 1.82) is 0 Å². The molecule has 0 aromatic carbocycles. The summed E-state index contributed by atoms with van der Waals surface area (Å²) in [6.07, 6.45) is 0.867. The minimum absolute atomic E-state index is 0.424. The average molecular weight is 179 g/mol. The summed E-state index contributed by atoms with van der Waals surface area (Å²) in [5.74, 6) is 0. The first-order chi connectivity index (χ1) is 5.79. The zero-order valence-corrected chi connectivity index (χ0v) is 7.06. The second-order valence-electron chi connectivity index (χ2n) is 3.05. The van der Waals surface area contributed by atoms with Crippen LogP contribution in [0, 0.1) is 0 Å². The molecule has 1 fully saturated rings. The van der Waals surface area contributed by atoms with Gasteiger partial charge in [-0.3, -0.25) is 0 Å². The zero-order chi connectivity index (χ0) is 8.81. The van der Waals surface area contributed by atoms with E-state index in [4.69, 9.17) is 4.74 Å². The Balaban J connectivity index is 1.88. The van der Waals surface area contributed by atoms with Crippen molar-refractivity contribution < 1.29 is 13.5 Å². The monoisotopic (exact) mass is 179 g/mol. The lowest BCUT2D eigenvalue weighted by Crippen LogP contribution is -2.23. The molecule has 0 amide bonds. The molecule has 1 heterocycles. The predicted octanol–water partition coefficient (Wildman–Crippen LogP) is 1.41. The van der Waals surface area contributed by atoms with Gasteiger partial charge in [0.1, 0.15) is 6.61 Å². The minimum atomic E-state index is -2.33. The van der Waals surface area contributed by atoms with Crippen LogP contribution in [0.5, 0.6) is 0 Å². The molecule has 1 atom stereocenters. The molecule has 0 radical (unpaired) electrons. The second-order valence-corrected chi connectivity index (χ2v) is 3.05. The van der Waals surface area contributed by atoms with Crippen molar-refractivity contribution in [1.82, 2.24) is 5.32 Å². The Bertz CT molecular complexity index is 116. The molecule has 1 saturated heterocycles. The van der Waals surface area contributed by atoms with Crippen LogP contribution in [0.1, 0.15) is 19.3 Å². The highest BCUT2D eigenvalue weighted by atomic mass is 19.3. The molecule has 0 aromatic rings. The van der Waals surface area contributed by atoms with Gasteiger partial charge in [0.25, 0.3) is 6.43 Å². The van der Waals surface area contributed by atoms with Crippen molar-refractivity contribution in [3.8, 4) is 0 Å². The van der Waals surface area contributed by atoms with E-state index in [2.05, 4.69) is 5.32 Å². The smallest absolute Gasteiger partial charge is 0.261 e. The van der Waals surface area contributed by atoms with Crippen molar-refractivity contribution in [3.63, 3.8) is 0 Å². The van der Waals surface area contributed by atoms with E-state index in [-0.39, 0.29) is 0 Å². The van der Waals surface area contributed by atoms with Gasteiger partial charge in [-0.25, -0.2) is 8.78 Å². The van der Waals surface area contributed by atoms with Gasteiger partial charge in [0, 0.05) is 12.6 Å². The van der Waals surface area contributed by atoms with Gasteiger partial charge in [-0.1, -0.05) is 0 Å². The van der Waals surface area contributed by atoms with E-state index >= 15 is 0 Å². The van der Waals surface area contributed by atoms with Crippen LogP contribution in [0.2, 0.25) is 0 Å². The fourth-order valence-corrected chi connectivity index (χ4v) is 1.40. The van der Waals surface area contributed by atoms with Crippen LogP contribution in [0.25, 0.3) is 0 Å². The first kappa shape index (κ1) is 9.86. The summed E-state index contributed by atoms with van der Waals surface area (Å²) in [5.41, 5.74) is 0. The summed E-state index contributed by atoms with van der Waals surface area (Å²) in [5, 5.41) is 3.28. The Morgan fingerprint density at radius 3 is 2.92 bits per heavy atom. The molecule has 72 valence electrons. The fraction of sp³-hybridized carbons (Fsp3) is 1.00. The van der Waals surface area contributed by atoms with Gasteiger partial charge in [-0.05, 0) is 25.8 Å². The van der Waals surface area contributed by atoms with Gasteiger partial charge in [-0.15, -0.1) is 0 Å². The number of halogens is 2. The Hall–Kier alpha value is -0.220. The van der Waals surface area contributed by atoms with Crippen LogP contribution in [0.3, 0.4) is 0 Å². The van der Waals surface area contributed by atoms with Gasteiger partial charge in [0.2, 0.25) is 0 Å². The quantitative estimate of drug-likeness (QED) is 0.644. The van der Waals surface area contributed by atoms with Crippen LogP contribution < -0.4 is 5.32 Å². The summed E-state index contributed by atoms with van der Waals surface area (Å²) in [4.78, 5) is 0. The first-order valence-electron chi connectivity index (χ1n) is 4.38. The molecule has 0 aromatic heterocycles. The van der Waals surface area contributed by atoms with Crippen molar-refractivity contribution in [2.75, 3.05) is 19.8 Å². The van der Waals surface area contributed by atoms with Crippen LogP contribution in [-0.2, 0) is 4.74 Å². The molecule has 0 spiro atoms. The molecule has 0 aliphatic carbocycles. The third-order valence-corrected chi connectivity index (χ3v) is 2.02. The predicted molar refractivity (Wildman–Crippen MR) is 42.5 cm³/mol. The van der Waals surface area contributed by atoms with Crippen LogP contribution in [0.4, 0.5) is 8.78 Å². The maximum atomic E-state index is 11.6. The molecule has 4 heteroatoms. The van der Waals surface area contributed by atoms with Gasteiger partial charge in [0.15, 0.2) is 0 Å². The van der Waals surface area contributed by atoms with E-state index in [1.165, 1.54) is 6.42 Å². The number of alkyl halides is 2. The summed E-state index contributed by atoms with van der Waals surface area (Å²) in [7, 11) is 0. The summed E-state index contributed by atoms with van der Waals surface area (Å²) < 4.78 is 28.0. The largest absolute Gasteiger partial charge is 0.375 e. The van der Waals surface area contributed by atoms with Gasteiger partial charge >= 0.3 is 0 Å². The number of ether oxygens (including phenoxy) is 1. The summed E-state index contributed by atoms with van der Waals surface area (Å²) >= 11 is 0. The fourth-order valence-electron chi connectivity index (χ4n) is 1.40. The first-order valence-corrected chi connectivity index (χ1v) is 4.38. The zero-order valence-electron chi connectivity index (χ0n) is 7.06. The number of hydrogen-bond acceptors (Lipinski definition) is 2. The molecular formula is C8H15F2NO. The van der Waals surface area contributed by atoms with Gasteiger partial charge in [0.05, 0.1) is 0 Å². The highest BCUT2D eigenvalue weighted by Crippen LogP contribution is 2.08. The van der Waals surface area contributed by atoms with E-state index in [0.717, 1.165) is 19.4 Å². The molecule has 1 aliphatic rings. The third kappa shape index (κ3) is 3.97. The molecular weight excluding hydrogens is 164 g/mol. The average Bonchev–Trinajstić information content (AvgIpc) is 2.49. The van der Waals surface area contributed by atoms with Crippen molar-refractivity contribution >= 4 is 0 Å². The molecule has 1 N–H and O–H groups in total. The minimum Gasteiger partial charge on any atom is -0.375 e. The second kappa shape index (κ2) is 5.43. The SMILES string of the molecule is FC(F)COCCC1CCCN1. The van der Waals surface area contributed by atoms with Gasteiger partial charge in [-0.2, -0.15) is 0 Å². The lowest BCUT2D eigenvalue weighted by molar-refractivity contribution is 0.0148. The third-order valence-electron chi connectivity index (χ3n) is 2.02. The molecule has 0 bridgehead atoms. The lowest BCUT2D eigenvalue weighted by Gasteiger charge is -2.09. The molecule has 1 rings (SSSR count). The molecule has 2 nitrogen and oxygen atoms in total. The van der Waals surface area contributed by atoms with Crippen LogP contribution in [-0.4, -0.2) is 32.2 Å². The molecule has 12 heavy (non-hydrogen) atoms. The highest BCUT2D eigenvalue weighted by Gasteiger charge is 2.13. The van der Waals surface area contributed by atoms with E-state index in [1.807, 2.05) is 0 Å². The summed E-state index contributed by atoms with van der Waals surface area (Å²) in [6, 6.07) is 0.489. The summed E-state index contributed by atoms with van der Waals surface area (Å²) in [6.45, 7) is 1.08. The number of rotatable bonds is 5. The Morgan fingerprint density at radius 1 is 1.50 bits per heavy atom. The molecule has 0 saturated carbocycles. The van der Waals surface area contributed by atoms with E-state index in [9.17, 15) is 8.78 Å². The highest BCUT2D eigenvalue weighted by molar-refractivity contribution is 4.73. The Labute approximate surface area is 71.3 Å². The van der Waals surface area contributed by atoms with Crippen molar-refractivity contribution in [2.45, 2.75) is 31.7 Å². The number of nitrogens with one attached hydrogen (secondary N) is 1. The van der Waals surface area contributed by atoms with Crippen molar-refractivity contribution in [2.24, 2.45) is 0 Å². The lowest BCUT2D eigenvalue weighted by atomic mass is 10.2. The normalized spacial score (nSPS) is 23.8. The molecule has 1 aliphatic heterocycles. The Morgan fingerprint density at radius 2 is 2.33 bits per heavy atom.